The van der Waals surface area contributed by atoms with Crippen LogP contribution in [0.4, 0.5) is 0 Å². The molecule has 0 saturated heterocycles. The molecule has 1 N–H and O–H groups in total. The summed E-state index contributed by atoms with van der Waals surface area (Å²) in [7, 11) is 0. The molecule has 132 valence electrons. The molecule has 1 unspecified atom stereocenters. The highest BCUT2D eigenvalue weighted by atomic mass is 16.1. The first-order chi connectivity index (χ1) is 12.8. The molecule has 0 radical (unpaired) electrons. The summed E-state index contributed by atoms with van der Waals surface area (Å²) in [5.41, 5.74) is 3.19. The van der Waals surface area contributed by atoms with Crippen molar-refractivity contribution >= 4 is 5.91 Å². The van der Waals surface area contributed by atoms with Crippen LogP contribution in [0.5, 0.6) is 0 Å². The van der Waals surface area contributed by atoms with Crippen LogP contribution in [-0.2, 0) is 19.6 Å². The van der Waals surface area contributed by atoms with Gasteiger partial charge in [-0.05, 0) is 35.9 Å². The van der Waals surface area contributed by atoms with E-state index in [1.165, 1.54) is 11.3 Å². The van der Waals surface area contributed by atoms with Crippen LogP contribution in [0.2, 0.25) is 0 Å². The van der Waals surface area contributed by atoms with Crippen molar-refractivity contribution in [2.24, 2.45) is 0 Å². The summed E-state index contributed by atoms with van der Waals surface area (Å²) in [4.78, 5) is 19.0. The van der Waals surface area contributed by atoms with E-state index in [1.807, 2.05) is 42.6 Å². The smallest absolute Gasteiger partial charge is 0.251 e. The molecule has 1 aromatic carbocycles. The molecule has 4 rings (SSSR count). The van der Waals surface area contributed by atoms with E-state index in [-0.39, 0.29) is 11.9 Å². The van der Waals surface area contributed by atoms with Gasteiger partial charge in [0.25, 0.3) is 5.91 Å². The van der Waals surface area contributed by atoms with E-state index < -0.39 is 0 Å². The molecular formula is C21H22N4O. The van der Waals surface area contributed by atoms with E-state index in [0.29, 0.717) is 12.1 Å². The van der Waals surface area contributed by atoms with E-state index in [4.69, 9.17) is 0 Å². The molecule has 0 saturated carbocycles. The number of hydrogen-bond donors (Lipinski definition) is 1. The Balaban J connectivity index is 1.47. The average Bonchev–Trinajstić information content (AvgIpc) is 3.14. The van der Waals surface area contributed by atoms with Crippen molar-refractivity contribution in [2.45, 2.75) is 25.7 Å². The summed E-state index contributed by atoms with van der Waals surface area (Å²) in [6.45, 7) is 3.18. The van der Waals surface area contributed by atoms with Gasteiger partial charge in [-0.3, -0.25) is 14.7 Å². The predicted molar refractivity (Wildman–Crippen MR) is 100 cm³/mol. The number of nitrogens with zero attached hydrogens (tertiary/aromatic N) is 3. The summed E-state index contributed by atoms with van der Waals surface area (Å²) < 4.78 is 2.28. The number of pyridine rings is 1. The fourth-order valence-electron chi connectivity index (χ4n) is 3.46. The first-order valence-electron chi connectivity index (χ1n) is 8.90. The van der Waals surface area contributed by atoms with Crippen molar-refractivity contribution in [3.05, 3.63) is 90.0 Å². The van der Waals surface area contributed by atoms with E-state index in [2.05, 4.69) is 44.2 Å². The first kappa shape index (κ1) is 16.5. The monoisotopic (exact) mass is 346 g/mol. The molecule has 3 aromatic rings. The van der Waals surface area contributed by atoms with Gasteiger partial charge in [-0.15, -0.1) is 0 Å². The summed E-state index contributed by atoms with van der Waals surface area (Å²) in [6.07, 6.45) is 5.82. The van der Waals surface area contributed by atoms with E-state index in [9.17, 15) is 4.79 Å². The molecule has 26 heavy (non-hydrogen) atoms. The second-order valence-corrected chi connectivity index (χ2v) is 6.65. The number of aromatic nitrogens is 2. The van der Waals surface area contributed by atoms with Crippen molar-refractivity contribution in [3.63, 3.8) is 0 Å². The minimum absolute atomic E-state index is 0.0229. The lowest BCUT2D eigenvalue weighted by molar-refractivity contribution is 0.0898. The van der Waals surface area contributed by atoms with Gasteiger partial charge in [0.2, 0.25) is 0 Å². The Hall–Kier alpha value is -2.92. The van der Waals surface area contributed by atoms with Gasteiger partial charge in [0.05, 0.1) is 0 Å². The third-order valence-corrected chi connectivity index (χ3v) is 4.86. The summed E-state index contributed by atoms with van der Waals surface area (Å²) in [6, 6.07) is 17.9. The Morgan fingerprint density at radius 3 is 2.81 bits per heavy atom. The Morgan fingerprint density at radius 1 is 1.12 bits per heavy atom. The zero-order valence-corrected chi connectivity index (χ0v) is 14.6. The topological polar surface area (TPSA) is 50.2 Å². The Morgan fingerprint density at radius 2 is 2.00 bits per heavy atom. The minimum Gasteiger partial charge on any atom is -0.350 e. The van der Waals surface area contributed by atoms with Crippen LogP contribution >= 0.6 is 0 Å². The predicted octanol–water partition coefficient (Wildman–Crippen LogP) is 2.70. The number of hydrogen-bond acceptors (Lipinski definition) is 3. The molecule has 1 amide bonds. The third-order valence-electron chi connectivity index (χ3n) is 4.86. The van der Waals surface area contributed by atoms with Gasteiger partial charge < -0.3 is 9.88 Å². The highest BCUT2D eigenvalue weighted by molar-refractivity contribution is 5.94. The number of carbonyl (C=O) groups excluding carboxylic acids is 1. The maximum absolute atomic E-state index is 12.4. The molecule has 5 nitrogen and oxygen atoms in total. The van der Waals surface area contributed by atoms with Crippen molar-refractivity contribution in [2.75, 3.05) is 6.54 Å². The number of benzene rings is 1. The highest BCUT2D eigenvalue weighted by Crippen LogP contribution is 2.20. The maximum Gasteiger partial charge on any atom is 0.251 e. The van der Waals surface area contributed by atoms with Crippen molar-refractivity contribution in [1.82, 2.24) is 19.8 Å². The van der Waals surface area contributed by atoms with Gasteiger partial charge in [-0.25, -0.2) is 0 Å². The standard InChI is InChI=1S/C21H22N4O/c26-21(18-7-2-1-3-8-18)23-13-20-16-24-11-5-9-19(24)15-25(20)14-17-6-4-10-22-12-17/h1-12,20H,13-16H2,(H,23,26). The summed E-state index contributed by atoms with van der Waals surface area (Å²) >= 11 is 0. The quantitative estimate of drug-likeness (QED) is 0.773. The van der Waals surface area contributed by atoms with Gasteiger partial charge in [0.1, 0.15) is 0 Å². The average molecular weight is 346 g/mol. The number of rotatable bonds is 5. The van der Waals surface area contributed by atoms with Crippen molar-refractivity contribution < 1.29 is 4.79 Å². The van der Waals surface area contributed by atoms with Crippen molar-refractivity contribution in [3.8, 4) is 0 Å². The molecule has 5 heteroatoms. The molecule has 0 aliphatic carbocycles. The molecule has 1 atom stereocenters. The lowest BCUT2D eigenvalue weighted by Gasteiger charge is -2.37. The zero-order chi connectivity index (χ0) is 17.8. The highest BCUT2D eigenvalue weighted by Gasteiger charge is 2.26. The van der Waals surface area contributed by atoms with Crippen LogP contribution in [0.15, 0.2) is 73.2 Å². The van der Waals surface area contributed by atoms with Gasteiger partial charge in [-0.1, -0.05) is 24.3 Å². The summed E-state index contributed by atoms with van der Waals surface area (Å²) in [5, 5.41) is 3.10. The van der Waals surface area contributed by atoms with Crippen LogP contribution in [0.25, 0.3) is 0 Å². The second-order valence-electron chi connectivity index (χ2n) is 6.65. The number of nitrogens with one attached hydrogen (secondary N) is 1. The zero-order valence-electron chi connectivity index (χ0n) is 14.6. The summed E-state index contributed by atoms with van der Waals surface area (Å²) in [5.74, 6) is -0.0229. The first-order valence-corrected chi connectivity index (χ1v) is 8.90. The SMILES string of the molecule is O=C(NCC1Cn2cccc2CN1Cc1cccnc1)c1ccccc1. The number of amides is 1. The molecule has 3 heterocycles. The van der Waals surface area contributed by atoms with E-state index >= 15 is 0 Å². The molecular weight excluding hydrogens is 324 g/mol. The molecule has 1 aliphatic rings. The molecule has 0 spiro atoms. The third kappa shape index (κ3) is 3.68. The minimum atomic E-state index is -0.0229. The largest absolute Gasteiger partial charge is 0.350 e. The lowest BCUT2D eigenvalue weighted by atomic mass is 10.1. The maximum atomic E-state index is 12.4. The van der Waals surface area contributed by atoms with Crippen LogP contribution in [0.3, 0.4) is 0 Å². The van der Waals surface area contributed by atoms with Crippen LogP contribution in [0, 0.1) is 0 Å². The van der Waals surface area contributed by atoms with Gasteiger partial charge in [0, 0.05) is 62.1 Å². The van der Waals surface area contributed by atoms with Gasteiger partial charge in [0.15, 0.2) is 0 Å². The Kier molecular flexibility index (Phi) is 4.80. The van der Waals surface area contributed by atoms with Crippen molar-refractivity contribution in [1.29, 1.82) is 0 Å². The van der Waals surface area contributed by atoms with E-state index in [0.717, 1.165) is 19.6 Å². The Bertz CT molecular complexity index is 860. The van der Waals surface area contributed by atoms with Gasteiger partial charge in [-0.2, -0.15) is 0 Å². The Labute approximate surface area is 153 Å². The van der Waals surface area contributed by atoms with Crippen LogP contribution in [-0.4, -0.2) is 32.9 Å². The fourth-order valence-corrected chi connectivity index (χ4v) is 3.46. The molecule has 1 aliphatic heterocycles. The van der Waals surface area contributed by atoms with Crippen LogP contribution in [0.1, 0.15) is 21.6 Å². The number of carbonyl (C=O) groups is 1. The molecule has 0 bridgehead atoms. The molecule has 0 fully saturated rings. The normalized spacial score (nSPS) is 16.8. The van der Waals surface area contributed by atoms with E-state index in [1.54, 1.807) is 6.20 Å². The fraction of sp³-hybridized carbons (Fsp3) is 0.238. The van der Waals surface area contributed by atoms with Gasteiger partial charge >= 0.3 is 0 Å². The molecule has 2 aromatic heterocycles. The lowest BCUT2D eigenvalue weighted by Crippen LogP contribution is -2.48. The second kappa shape index (κ2) is 7.54. The number of fused-ring (bicyclic) bond motifs is 1. The van der Waals surface area contributed by atoms with Crippen LogP contribution < -0.4 is 5.32 Å².